The van der Waals surface area contributed by atoms with Crippen molar-refractivity contribution in [3.63, 3.8) is 0 Å². The van der Waals surface area contributed by atoms with Crippen LogP contribution in [0.1, 0.15) is 18.1 Å². The van der Waals surface area contributed by atoms with Crippen molar-refractivity contribution in [3.8, 4) is 17.6 Å². The molecule has 0 aliphatic carbocycles. The lowest BCUT2D eigenvalue weighted by molar-refractivity contribution is 0.183. The maximum atomic E-state index is 9.59. The highest BCUT2D eigenvalue weighted by atomic mass is 16.5. The van der Waals surface area contributed by atoms with Crippen LogP contribution in [0, 0.1) is 11.3 Å². The summed E-state index contributed by atoms with van der Waals surface area (Å²) in [7, 11) is 3.07. The molecule has 80 valence electrons. The standard InChI is InChI=1S/C11H13NO3/c1-14-10-4-3-8(7-11(10)15-2)9(13)5-6-12/h3-4,7,9,13H,5H2,1-2H3. The first-order chi connectivity index (χ1) is 7.22. The first-order valence-corrected chi connectivity index (χ1v) is 4.50. The zero-order chi connectivity index (χ0) is 11.3. The predicted octanol–water partition coefficient (Wildman–Crippen LogP) is 1.65. The van der Waals surface area contributed by atoms with Gasteiger partial charge in [0.25, 0.3) is 0 Å². The van der Waals surface area contributed by atoms with Gasteiger partial charge in [0, 0.05) is 0 Å². The third-order valence-corrected chi connectivity index (χ3v) is 2.08. The van der Waals surface area contributed by atoms with Gasteiger partial charge in [-0.05, 0) is 17.7 Å². The molecule has 0 fully saturated rings. The Bertz CT molecular complexity index is 371. The van der Waals surface area contributed by atoms with E-state index >= 15 is 0 Å². The van der Waals surface area contributed by atoms with E-state index < -0.39 is 6.10 Å². The van der Waals surface area contributed by atoms with Crippen LogP contribution >= 0.6 is 0 Å². The minimum Gasteiger partial charge on any atom is -0.493 e. The van der Waals surface area contributed by atoms with Crippen molar-refractivity contribution in [2.75, 3.05) is 14.2 Å². The first-order valence-electron chi connectivity index (χ1n) is 4.50. The summed E-state index contributed by atoms with van der Waals surface area (Å²) in [5, 5.41) is 18.0. The third-order valence-electron chi connectivity index (χ3n) is 2.08. The van der Waals surface area contributed by atoms with Gasteiger partial charge >= 0.3 is 0 Å². The third kappa shape index (κ3) is 2.61. The lowest BCUT2D eigenvalue weighted by Gasteiger charge is -2.11. The minimum atomic E-state index is -0.783. The van der Waals surface area contributed by atoms with E-state index in [0.717, 1.165) is 0 Å². The number of hydrogen-bond acceptors (Lipinski definition) is 4. The van der Waals surface area contributed by atoms with Gasteiger partial charge in [-0.15, -0.1) is 0 Å². The number of ether oxygens (including phenoxy) is 2. The second kappa shape index (κ2) is 5.23. The van der Waals surface area contributed by atoms with Crippen molar-refractivity contribution in [2.45, 2.75) is 12.5 Å². The molecule has 1 atom stereocenters. The van der Waals surface area contributed by atoms with Gasteiger partial charge in [-0.25, -0.2) is 0 Å². The maximum absolute atomic E-state index is 9.59. The molecule has 0 aliphatic heterocycles. The van der Waals surface area contributed by atoms with Crippen molar-refractivity contribution < 1.29 is 14.6 Å². The summed E-state index contributed by atoms with van der Waals surface area (Å²) in [6.07, 6.45) is -0.718. The molecule has 0 amide bonds. The zero-order valence-electron chi connectivity index (χ0n) is 8.73. The number of methoxy groups -OCH3 is 2. The van der Waals surface area contributed by atoms with Gasteiger partial charge in [-0.2, -0.15) is 5.26 Å². The molecule has 0 spiro atoms. The Labute approximate surface area is 88.7 Å². The van der Waals surface area contributed by atoms with Crippen LogP contribution in [0.5, 0.6) is 11.5 Å². The SMILES string of the molecule is COc1ccc(C(O)CC#N)cc1OC. The van der Waals surface area contributed by atoms with Crippen molar-refractivity contribution >= 4 is 0 Å². The molecule has 0 aromatic heterocycles. The summed E-state index contributed by atoms with van der Waals surface area (Å²) < 4.78 is 10.1. The average Bonchev–Trinajstić information content (AvgIpc) is 2.28. The first kappa shape index (κ1) is 11.3. The van der Waals surface area contributed by atoms with Crippen LogP contribution in [0.15, 0.2) is 18.2 Å². The quantitative estimate of drug-likeness (QED) is 0.815. The molecular weight excluding hydrogens is 194 g/mol. The van der Waals surface area contributed by atoms with Crippen molar-refractivity contribution in [2.24, 2.45) is 0 Å². The van der Waals surface area contributed by atoms with E-state index in [2.05, 4.69) is 0 Å². The molecule has 4 nitrogen and oxygen atoms in total. The molecule has 15 heavy (non-hydrogen) atoms. The fraction of sp³-hybridized carbons (Fsp3) is 0.364. The molecule has 0 saturated carbocycles. The lowest BCUT2D eigenvalue weighted by Crippen LogP contribution is -1.98. The smallest absolute Gasteiger partial charge is 0.161 e. The van der Waals surface area contributed by atoms with Gasteiger partial charge in [-0.3, -0.25) is 0 Å². The molecule has 1 aromatic carbocycles. The van der Waals surface area contributed by atoms with Crippen molar-refractivity contribution in [3.05, 3.63) is 23.8 Å². The van der Waals surface area contributed by atoms with Crippen LogP contribution in [0.3, 0.4) is 0 Å². The predicted molar refractivity (Wildman–Crippen MR) is 54.7 cm³/mol. The van der Waals surface area contributed by atoms with Crippen molar-refractivity contribution in [1.82, 2.24) is 0 Å². The molecular formula is C11H13NO3. The Morgan fingerprint density at radius 2 is 2.00 bits per heavy atom. The molecule has 1 N–H and O–H groups in total. The van der Waals surface area contributed by atoms with Gasteiger partial charge in [-0.1, -0.05) is 6.07 Å². The number of benzene rings is 1. The number of aliphatic hydroxyl groups excluding tert-OH is 1. The average molecular weight is 207 g/mol. The molecule has 0 radical (unpaired) electrons. The minimum absolute atomic E-state index is 0.0650. The topological polar surface area (TPSA) is 62.5 Å². The van der Waals surface area contributed by atoms with E-state index in [1.807, 2.05) is 6.07 Å². The van der Waals surface area contributed by atoms with E-state index in [1.165, 1.54) is 7.11 Å². The number of nitrogens with zero attached hydrogens (tertiary/aromatic N) is 1. The van der Waals surface area contributed by atoms with Gasteiger partial charge in [0.05, 0.1) is 32.8 Å². The van der Waals surface area contributed by atoms with E-state index in [-0.39, 0.29) is 6.42 Å². The zero-order valence-corrected chi connectivity index (χ0v) is 8.73. The molecule has 0 heterocycles. The molecule has 1 unspecified atom stereocenters. The summed E-state index contributed by atoms with van der Waals surface area (Å²) in [6.45, 7) is 0. The normalized spacial score (nSPS) is 11.6. The molecule has 1 rings (SSSR count). The number of hydrogen-bond donors (Lipinski definition) is 1. The summed E-state index contributed by atoms with van der Waals surface area (Å²) in [5.74, 6) is 1.15. The van der Waals surface area contributed by atoms with Crippen LogP contribution in [0.2, 0.25) is 0 Å². The number of rotatable bonds is 4. The lowest BCUT2D eigenvalue weighted by atomic mass is 10.1. The van der Waals surface area contributed by atoms with Crippen molar-refractivity contribution in [1.29, 1.82) is 5.26 Å². The van der Waals surface area contributed by atoms with Gasteiger partial charge in [0.2, 0.25) is 0 Å². The van der Waals surface area contributed by atoms with Crippen LogP contribution in [-0.4, -0.2) is 19.3 Å². The van der Waals surface area contributed by atoms with Crippen LogP contribution in [0.4, 0.5) is 0 Å². The largest absolute Gasteiger partial charge is 0.493 e. The van der Waals surface area contributed by atoms with E-state index in [1.54, 1.807) is 25.3 Å². The fourth-order valence-corrected chi connectivity index (χ4v) is 1.26. The van der Waals surface area contributed by atoms with Crippen LogP contribution in [-0.2, 0) is 0 Å². The van der Waals surface area contributed by atoms with E-state index in [9.17, 15) is 5.11 Å². The highest BCUT2D eigenvalue weighted by Crippen LogP contribution is 2.30. The van der Waals surface area contributed by atoms with E-state index in [0.29, 0.717) is 17.1 Å². The van der Waals surface area contributed by atoms with Gasteiger partial charge in [0.1, 0.15) is 0 Å². The Morgan fingerprint density at radius 3 is 2.53 bits per heavy atom. The number of aliphatic hydroxyl groups is 1. The molecule has 0 bridgehead atoms. The second-order valence-corrected chi connectivity index (χ2v) is 2.99. The Kier molecular flexibility index (Phi) is 3.95. The fourth-order valence-electron chi connectivity index (χ4n) is 1.26. The number of nitriles is 1. The van der Waals surface area contributed by atoms with E-state index in [4.69, 9.17) is 14.7 Å². The Balaban J connectivity index is 2.98. The van der Waals surface area contributed by atoms with Gasteiger partial charge in [0.15, 0.2) is 11.5 Å². The molecule has 0 saturated heterocycles. The summed E-state index contributed by atoms with van der Waals surface area (Å²) in [6, 6.07) is 6.99. The monoisotopic (exact) mass is 207 g/mol. The summed E-state index contributed by atoms with van der Waals surface area (Å²) in [4.78, 5) is 0. The highest BCUT2D eigenvalue weighted by molar-refractivity contribution is 5.43. The summed E-state index contributed by atoms with van der Waals surface area (Å²) >= 11 is 0. The summed E-state index contributed by atoms with van der Waals surface area (Å²) in [5.41, 5.74) is 0.647. The van der Waals surface area contributed by atoms with Crippen LogP contribution < -0.4 is 9.47 Å². The molecule has 4 heteroatoms. The van der Waals surface area contributed by atoms with Gasteiger partial charge < -0.3 is 14.6 Å². The maximum Gasteiger partial charge on any atom is 0.161 e. The molecule has 0 aliphatic rings. The Morgan fingerprint density at radius 1 is 1.33 bits per heavy atom. The second-order valence-electron chi connectivity index (χ2n) is 2.99. The Hall–Kier alpha value is -1.73. The van der Waals surface area contributed by atoms with Crippen LogP contribution in [0.25, 0.3) is 0 Å². The highest BCUT2D eigenvalue weighted by Gasteiger charge is 2.10. The molecule has 1 aromatic rings.